The number of hydrogen-bond donors (Lipinski definition) is 0. The van der Waals surface area contributed by atoms with Gasteiger partial charge in [-0.2, -0.15) is 5.06 Å². The van der Waals surface area contributed by atoms with E-state index in [1.165, 1.54) is 5.06 Å². The van der Waals surface area contributed by atoms with Crippen LogP contribution in [0.15, 0.2) is 43.0 Å². The summed E-state index contributed by atoms with van der Waals surface area (Å²) in [6.45, 7) is 9.64. The normalized spacial score (nSPS) is 10.9. The molecular formula is C15H21NO3. The van der Waals surface area contributed by atoms with E-state index in [0.717, 1.165) is 5.56 Å². The Kier molecular flexibility index (Phi) is 5.57. The van der Waals surface area contributed by atoms with Gasteiger partial charge >= 0.3 is 6.09 Å². The molecular weight excluding hydrogens is 242 g/mol. The zero-order valence-electron chi connectivity index (χ0n) is 11.8. The van der Waals surface area contributed by atoms with Gasteiger partial charge in [0.15, 0.2) is 0 Å². The molecule has 0 spiro atoms. The van der Waals surface area contributed by atoms with Crippen molar-refractivity contribution < 1.29 is 14.4 Å². The predicted octanol–water partition coefficient (Wildman–Crippen LogP) is 3.54. The molecule has 0 heterocycles. The minimum absolute atomic E-state index is 0.280. The third-order valence-electron chi connectivity index (χ3n) is 2.12. The monoisotopic (exact) mass is 263 g/mol. The van der Waals surface area contributed by atoms with Crippen LogP contribution in [-0.2, 0) is 16.2 Å². The van der Waals surface area contributed by atoms with Gasteiger partial charge in [0, 0.05) is 0 Å². The van der Waals surface area contributed by atoms with Gasteiger partial charge in [-0.15, -0.1) is 6.58 Å². The molecule has 19 heavy (non-hydrogen) atoms. The molecule has 0 saturated heterocycles. The number of carbonyl (C=O) groups is 1. The largest absolute Gasteiger partial charge is 0.442 e. The van der Waals surface area contributed by atoms with E-state index < -0.39 is 11.7 Å². The fourth-order valence-corrected chi connectivity index (χ4v) is 1.34. The molecule has 0 atom stereocenters. The molecule has 4 nitrogen and oxygen atoms in total. The molecule has 0 saturated carbocycles. The van der Waals surface area contributed by atoms with E-state index in [1.54, 1.807) is 6.08 Å². The zero-order chi connectivity index (χ0) is 14.3. The van der Waals surface area contributed by atoms with Crippen molar-refractivity contribution >= 4 is 6.09 Å². The van der Waals surface area contributed by atoms with Gasteiger partial charge < -0.3 is 4.74 Å². The second kappa shape index (κ2) is 6.95. The third-order valence-corrected chi connectivity index (χ3v) is 2.12. The molecule has 1 amide bonds. The lowest BCUT2D eigenvalue weighted by atomic mass is 10.2. The predicted molar refractivity (Wildman–Crippen MR) is 74.4 cm³/mol. The van der Waals surface area contributed by atoms with Crippen LogP contribution in [-0.4, -0.2) is 23.3 Å². The third kappa shape index (κ3) is 6.06. The number of ether oxygens (including phenoxy) is 1. The maximum absolute atomic E-state index is 11.9. The van der Waals surface area contributed by atoms with Crippen LogP contribution in [0.2, 0.25) is 0 Å². The highest BCUT2D eigenvalue weighted by molar-refractivity contribution is 5.67. The van der Waals surface area contributed by atoms with E-state index in [1.807, 2.05) is 51.1 Å². The molecule has 0 bridgehead atoms. The zero-order valence-corrected chi connectivity index (χ0v) is 11.8. The van der Waals surface area contributed by atoms with Gasteiger partial charge in [0.05, 0.1) is 6.54 Å². The van der Waals surface area contributed by atoms with Crippen molar-refractivity contribution in [2.24, 2.45) is 0 Å². The SMILES string of the molecule is C=CCN(OCc1ccccc1)C(=O)OC(C)(C)C. The maximum Gasteiger partial charge on any atom is 0.434 e. The van der Waals surface area contributed by atoms with Crippen molar-refractivity contribution in [1.29, 1.82) is 0 Å². The summed E-state index contributed by atoms with van der Waals surface area (Å²) in [5.41, 5.74) is 0.437. The Morgan fingerprint density at radius 3 is 2.47 bits per heavy atom. The fraction of sp³-hybridized carbons (Fsp3) is 0.400. The summed E-state index contributed by atoms with van der Waals surface area (Å²) in [6.07, 6.45) is 1.08. The van der Waals surface area contributed by atoms with Crippen molar-refractivity contribution in [1.82, 2.24) is 5.06 Å². The average molecular weight is 263 g/mol. The number of nitrogens with zero attached hydrogens (tertiary/aromatic N) is 1. The van der Waals surface area contributed by atoms with Crippen molar-refractivity contribution in [3.63, 3.8) is 0 Å². The minimum Gasteiger partial charge on any atom is -0.442 e. The number of rotatable bonds is 5. The summed E-state index contributed by atoms with van der Waals surface area (Å²) >= 11 is 0. The Labute approximate surface area is 114 Å². The van der Waals surface area contributed by atoms with E-state index >= 15 is 0 Å². The summed E-state index contributed by atoms with van der Waals surface area (Å²) in [6, 6.07) is 9.63. The lowest BCUT2D eigenvalue weighted by molar-refractivity contribution is -0.149. The molecule has 0 fully saturated rings. The molecule has 0 aliphatic rings. The van der Waals surface area contributed by atoms with Crippen molar-refractivity contribution in [2.45, 2.75) is 33.0 Å². The molecule has 0 N–H and O–H groups in total. The number of benzene rings is 1. The molecule has 0 radical (unpaired) electrons. The Balaban J connectivity index is 2.57. The first kappa shape index (κ1) is 15.2. The number of carbonyl (C=O) groups excluding carboxylic acids is 1. The summed E-state index contributed by atoms with van der Waals surface area (Å²) in [7, 11) is 0. The van der Waals surface area contributed by atoms with Crippen LogP contribution in [0.25, 0.3) is 0 Å². The number of hydroxylamine groups is 2. The first-order valence-corrected chi connectivity index (χ1v) is 6.20. The highest BCUT2D eigenvalue weighted by Gasteiger charge is 2.22. The van der Waals surface area contributed by atoms with Gasteiger partial charge in [0.25, 0.3) is 0 Å². The van der Waals surface area contributed by atoms with E-state index in [4.69, 9.17) is 9.57 Å². The van der Waals surface area contributed by atoms with Crippen LogP contribution in [0.3, 0.4) is 0 Å². The first-order valence-electron chi connectivity index (χ1n) is 6.20. The Morgan fingerprint density at radius 2 is 1.95 bits per heavy atom. The second-order valence-electron chi connectivity index (χ2n) is 5.09. The maximum atomic E-state index is 11.9. The van der Waals surface area contributed by atoms with Gasteiger partial charge in [-0.1, -0.05) is 36.4 Å². The Morgan fingerprint density at radius 1 is 1.32 bits per heavy atom. The van der Waals surface area contributed by atoms with Gasteiger partial charge in [-0.05, 0) is 26.3 Å². The first-order chi connectivity index (χ1) is 8.92. The quantitative estimate of drug-likeness (QED) is 0.602. The number of amides is 1. The van der Waals surface area contributed by atoms with Crippen LogP contribution in [0, 0.1) is 0 Å². The molecule has 4 heteroatoms. The lowest BCUT2D eigenvalue weighted by Gasteiger charge is -2.25. The molecule has 104 valence electrons. The molecule has 0 aliphatic heterocycles. The smallest absolute Gasteiger partial charge is 0.434 e. The molecule has 0 aliphatic carbocycles. The Hall–Kier alpha value is -1.81. The van der Waals surface area contributed by atoms with Crippen LogP contribution in [0.4, 0.5) is 4.79 Å². The second-order valence-corrected chi connectivity index (χ2v) is 5.09. The van der Waals surface area contributed by atoms with Crippen LogP contribution < -0.4 is 0 Å². The van der Waals surface area contributed by atoms with E-state index in [-0.39, 0.29) is 6.54 Å². The average Bonchev–Trinajstić information content (AvgIpc) is 2.33. The Bertz CT molecular complexity index is 409. The molecule has 1 aromatic carbocycles. The van der Waals surface area contributed by atoms with Crippen LogP contribution in [0.5, 0.6) is 0 Å². The highest BCUT2D eigenvalue weighted by atomic mass is 16.7. The molecule has 0 aromatic heterocycles. The van der Waals surface area contributed by atoms with Gasteiger partial charge in [0.1, 0.15) is 12.2 Å². The van der Waals surface area contributed by atoms with Gasteiger partial charge in [-0.3, -0.25) is 4.84 Å². The topological polar surface area (TPSA) is 38.8 Å². The van der Waals surface area contributed by atoms with E-state index in [2.05, 4.69) is 6.58 Å². The molecule has 1 rings (SSSR count). The number of hydrogen-bond acceptors (Lipinski definition) is 3. The minimum atomic E-state index is -0.549. The summed E-state index contributed by atoms with van der Waals surface area (Å²) in [5.74, 6) is 0. The highest BCUT2D eigenvalue weighted by Crippen LogP contribution is 2.11. The van der Waals surface area contributed by atoms with E-state index in [0.29, 0.717) is 6.61 Å². The van der Waals surface area contributed by atoms with Crippen LogP contribution in [0.1, 0.15) is 26.3 Å². The van der Waals surface area contributed by atoms with E-state index in [9.17, 15) is 4.79 Å². The summed E-state index contributed by atoms with van der Waals surface area (Å²) in [5, 5.41) is 1.17. The van der Waals surface area contributed by atoms with Crippen molar-refractivity contribution in [2.75, 3.05) is 6.54 Å². The van der Waals surface area contributed by atoms with Crippen molar-refractivity contribution in [3.05, 3.63) is 48.6 Å². The lowest BCUT2D eigenvalue weighted by Crippen LogP contribution is -2.36. The van der Waals surface area contributed by atoms with Crippen LogP contribution >= 0.6 is 0 Å². The fourth-order valence-electron chi connectivity index (χ4n) is 1.34. The summed E-state index contributed by atoms with van der Waals surface area (Å²) < 4.78 is 5.26. The summed E-state index contributed by atoms with van der Waals surface area (Å²) in [4.78, 5) is 17.4. The van der Waals surface area contributed by atoms with Crippen molar-refractivity contribution in [3.8, 4) is 0 Å². The van der Waals surface area contributed by atoms with Gasteiger partial charge in [-0.25, -0.2) is 4.79 Å². The van der Waals surface area contributed by atoms with Gasteiger partial charge in [0.2, 0.25) is 0 Å². The standard InChI is InChI=1S/C15H21NO3/c1-5-11-16(14(17)19-15(2,3)4)18-12-13-9-7-6-8-10-13/h5-10H,1,11-12H2,2-4H3. The molecule has 0 unspecified atom stereocenters. The molecule has 1 aromatic rings.